The van der Waals surface area contributed by atoms with Gasteiger partial charge in [-0.15, -0.1) is 11.6 Å². The van der Waals surface area contributed by atoms with Crippen LogP contribution in [0.4, 0.5) is 11.4 Å². The average molecular weight is 181 g/mol. The number of benzene rings is 1. The standard InChI is InChI=1S/C9H9ClN2/c10-5-7-6-11-8-3-1-2-4-9(8)12-7/h1-4,6-7,12H,5H2. The van der Waals surface area contributed by atoms with Gasteiger partial charge in [-0.3, -0.25) is 4.99 Å². The van der Waals surface area contributed by atoms with Gasteiger partial charge in [0.1, 0.15) is 0 Å². The Morgan fingerprint density at radius 2 is 2.25 bits per heavy atom. The molecule has 1 aromatic carbocycles. The Bertz CT molecular complexity index is 309. The molecule has 1 aromatic rings. The quantitative estimate of drug-likeness (QED) is 0.660. The Labute approximate surface area is 76.3 Å². The van der Waals surface area contributed by atoms with E-state index in [4.69, 9.17) is 11.6 Å². The lowest BCUT2D eigenvalue weighted by Gasteiger charge is -2.18. The van der Waals surface area contributed by atoms with E-state index in [0.29, 0.717) is 5.88 Å². The van der Waals surface area contributed by atoms with Crippen LogP contribution in [0, 0.1) is 0 Å². The molecule has 1 heterocycles. The third kappa shape index (κ3) is 1.30. The zero-order valence-electron chi connectivity index (χ0n) is 6.50. The lowest BCUT2D eigenvalue weighted by atomic mass is 10.2. The number of alkyl halides is 1. The van der Waals surface area contributed by atoms with Gasteiger partial charge in [-0.25, -0.2) is 0 Å². The van der Waals surface area contributed by atoms with Crippen molar-refractivity contribution < 1.29 is 0 Å². The van der Waals surface area contributed by atoms with E-state index in [1.165, 1.54) is 0 Å². The molecule has 1 N–H and O–H groups in total. The summed E-state index contributed by atoms with van der Waals surface area (Å²) in [7, 11) is 0. The van der Waals surface area contributed by atoms with Crippen LogP contribution in [0.5, 0.6) is 0 Å². The predicted octanol–water partition coefficient (Wildman–Crippen LogP) is 2.42. The molecule has 1 unspecified atom stereocenters. The SMILES string of the molecule is ClCC1C=Nc2ccccc2N1. The molecular formula is C9H9ClN2. The van der Waals surface area contributed by atoms with Crippen molar-refractivity contribution in [2.45, 2.75) is 6.04 Å². The Hall–Kier alpha value is -1.02. The molecule has 1 aliphatic rings. The van der Waals surface area contributed by atoms with Gasteiger partial charge in [0.05, 0.1) is 17.4 Å². The van der Waals surface area contributed by atoms with Gasteiger partial charge in [-0.2, -0.15) is 0 Å². The lowest BCUT2D eigenvalue weighted by Crippen LogP contribution is -2.24. The number of para-hydroxylation sites is 2. The number of rotatable bonds is 1. The molecule has 0 bridgehead atoms. The molecule has 0 saturated heterocycles. The highest BCUT2D eigenvalue weighted by Gasteiger charge is 2.10. The van der Waals surface area contributed by atoms with E-state index in [-0.39, 0.29) is 6.04 Å². The first-order valence-electron chi connectivity index (χ1n) is 3.86. The van der Waals surface area contributed by atoms with E-state index in [1.807, 2.05) is 30.5 Å². The molecule has 0 spiro atoms. The van der Waals surface area contributed by atoms with E-state index in [2.05, 4.69) is 10.3 Å². The van der Waals surface area contributed by atoms with Gasteiger partial charge >= 0.3 is 0 Å². The van der Waals surface area contributed by atoms with Gasteiger partial charge in [-0.1, -0.05) is 12.1 Å². The molecule has 3 heteroatoms. The summed E-state index contributed by atoms with van der Waals surface area (Å²) in [6.07, 6.45) is 1.84. The number of hydrogen-bond acceptors (Lipinski definition) is 2. The third-order valence-electron chi connectivity index (χ3n) is 1.80. The maximum atomic E-state index is 5.69. The lowest BCUT2D eigenvalue weighted by molar-refractivity contribution is 1.06. The topological polar surface area (TPSA) is 24.4 Å². The average Bonchev–Trinajstić information content (AvgIpc) is 2.17. The minimum atomic E-state index is 0.168. The summed E-state index contributed by atoms with van der Waals surface area (Å²) < 4.78 is 0. The van der Waals surface area contributed by atoms with Crippen molar-refractivity contribution >= 4 is 29.2 Å². The maximum absolute atomic E-state index is 5.69. The normalized spacial score (nSPS) is 19.9. The van der Waals surface area contributed by atoms with E-state index < -0.39 is 0 Å². The van der Waals surface area contributed by atoms with Gasteiger partial charge in [0.15, 0.2) is 0 Å². The van der Waals surface area contributed by atoms with Crippen LogP contribution in [-0.4, -0.2) is 18.1 Å². The summed E-state index contributed by atoms with van der Waals surface area (Å²) in [5, 5.41) is 3.27. The highest BCUT2D eigenvalue weighted by Crippen LogP contribution is 2.27. The van der Waals surface area contributed by atoms with Gasteiger partial charge in [-0.05, 0) is 12.1 Å². The molecule has 0 radical (unpaired) electrons. The second-order valence-electron chi connectivity index (χ2n) is 2.70. The van der Waals surface area contributed by atoms with Crippen LogP contribution in [0.25, 0.3) is 0 Å². The summed E-state index contributed by atoms with van der Waals surface area (Å²) in [6.45, 7) is 0. The Morgan fingerprint density at radius 1 is 1.42 bits per heavy atom. The van der Waals surface area contributed by atoms with E-state index in [0.717, 1.165) is 11.4 Å². The molecule has 0 amide bonds. The fourth-order valence-electron chi connectivity index (χ4n) is 1.19. The minimum Gasteiger partial charge on any atom is -0.374 e. The zero-order valence-corrected chi connectivity index (χ0v) is 7.25. The second-order valence-corrected chi connectivity index (χ2v) is 3.01. The number of aliphatic imine (C=N–C) groups is 1. The van der Waals surface area contributed by atoms with Crippen LogP contribution < -0.4 is 5.32 Å². The second kappa shape index (κ2) is 3.15. The first kappa shape index (κ1) is 7.62. The smallest absolute Gasteiger partial charge is 0.0858 e. The van der Waals surface area contributed by atoms with Crippen molar-refractivity contribution in [3.8, 4) is 0 Å². The summed E-state index contributed by atoms with van der Waals surface area (Å²) in [6, 6.07) is 8.10. The van der Waals surface area contributed by atoms with Gasteiger partial charge in [0.2, 0.25) is 0 Å². The fraction of sp³-hybridized carbons (Fsp3) is 0.222. The summed E-state index contributed by atoms with van der Waals surface area (Å²) in [5.74, 6) is 0.553. The molecule has 2 nitrogen and oxygen atoms in total. The largest absolute Gasteiger partial charge is 0.374 e. The van der Waals surface area contributed by atoms with Crippen LogP contribution in [-0.2, 0) is 0 Å². The Morgan fingerprint density at radius 3 is 3.08 bits per heavy atom. The van der Waals surface area contributed by atoms with Gasteiger partial charge in [0.25, 0.3) is 0 Å². The molecule has 1 aliphatic heterocycles. The number of nitrogens with zero attached hydrogens (tertiary/aromatic N) is 1. The number of anilines is 1. The van der Waals surface area contributed by atoms with Crippen LogP contribution in [0.15, 0.2) is 29.3 Å². The monoisotopic (exact) mass is 180 g/mol. The molecule has 2 rings (SSSR count). The molecule has 0 fully saturated rings. The van der Waals surface area contributed by atoms with Crippen molar-refractivity contribution in [1.29, 1.82) is 0 Å². The van der Waals surface area contributed by atoms with Crippen LogP contribution in [0.1, 0.15) is 0 Å². The summed E-state index contributed by atoms with van der Waals surface area (Å²) in [5.41, 5.74) is 2.05. The van der Waals surface area contributed by atoms with E-state index >= 15 is 0 Å². The predicted molar refractivity (Wildman–Crippen MR) is 52.7 cm³/mol. The number of hydrogen-bond donors (Lipinski definition) is 1. The van der Waals surface area contributed by atoms with E-state index in [9.17, 15) is 0 Å². The third-order valence-corrected chi connectivity index (χ3v) is 2.14. The summed E-state index contributed by atoms with van der Waals surface area (Å²) in [4.78, 5) is 4.27. The van der Waals surface area contributed by atoms with E-state index in [1.54, 1.807) is 0 Å². The van der Waals surface area contributed by atoms with Crippen molar-refractivity contribution in [2.75, 3.05) is 11.2 Å². The molecular weight excluding hydrogens is 172 g/mol. The number of fused-ring (bicyclic) bond motifs is 1. The number of nitrogens with one attached hydrogen (secondary N) is 1. The van der Waals surface area contributed by atoms with Gasteiger partial charge < -0.3 is 5.32 Å². The maximum Gasteiger partial charge on any atom is 0.0858 e. The Balaban J connectivity index is 2.33. The van der Waals surface area contributed by atoms with Crippen molar-refractivity contribution in [3.05, 3.63) is 24.3 Å². The summed E-state index contributed by atoms with van der Waals surface area (Å²) >= 11 is 5.69. The zero-order chi connectivity index (χ0) is 8.39. The van der Waals surface area contributed by atoms with Crippen LogP contribution >= 0.6 is 11.6 Å². The minimum absolute atomic E-state index is 0.168. The fourth-order valence-corrected chi connectivity index (χ4v) is 1.35. The molecule has 0 aliphatic carbocycles. The highest BCUT2D eigenvalue weighted by molar-refractivity contribution is 6.19. The first-order valence-corrected chi connectivity index (χ1v) is 4.39. The molecule has 12 heavy (non-hydrogen) atoms. The molecule has 0 aromatic heterocycles. The van der Waals surface area contributed by atoms with Crippen molar-refractivity contribution in [2.24, 2.45) is 4.99 Å². The first-order chi connectivity index (χ1) is 5.90. The Kier molecular flexibility index (Phi) is 2.00. The van der Waals surface area contributed by atoms with Crippen molar-refractivity contribution in [3.63, 3.8) is 0 Å². The van der Waals surface area contributed by atoms with Crippen molar-refractivity contribution in [1.82, 2.24) is 0 Å². The van der Waals surface area contributed by atoms with Crippen LogP contribution in [0.3, 0.4) is 0 Å². The van der Waals surface area contributed by atoms with Gasteiger partial charge in [0, 0.05) is 12.1 Å². The number of halogens is 1. The highest BCUT2D eigenvalue weighted by atomic mass is 35.5. The van der Waals surface area contributed by atoms with Crippen LogP contribution in [0.2, 0.25) is 0 Å². The molecule has 1 atom stereocenters. The molecule has 62 valence electrons. The molecule has 0 saturated carbocycles.